The zero-order valence-electron chi connectivity index (χ0n) is 12.4. The van der Waals surface area contributed by atoms with Crippen molar-refractivity contribution in [1.29, 1.82) is 0 Å². The van der Waals surface area contributed by atoms with Gasteiger partial charge in [-0.1, -0.05) is 12.1 Å². The summed E-state index contributed by atoms with van der Waals surface area (Å²) in [5.41, 5.74) is 5.94. The molecule has 21 heavy (non-hydrogen) atoms. The van der Waals surface area contributed by atoms with Gasteiger partial charge in [-0.05, 0) is 54.8 Å². The molecular formula is C18H17NO2. The van der Waals surface area contributed by atoms with E-state index in [-0.39, 0.29) is 0 Å². The topological polar surface area (TPSA) is 42.1 Å². The molecule has 0 radical (unpaired) electrons. The van der Waals surface area contributed by atoms with Crippen LogP contribution >= 0.6 is 0 Å². The van der Waals surface area contributed by atoms with Crippen LogP contribution in [-0.2, 0) is 0 Å². The van der Waals surface area contributed by atoms with Crippen LogP contribution in [0.4, 0.5) is 0 Å². The smallest absolute Gasteiger partial charge is 0.152 e. The Balaban J connectivity index is 2.26. The highest BCUT2D eigenvalue weighted by Crippen LogP contribution is 2.32. The molecule has 0 aliphatic carbocycles. The lowest BCUT2D eigenvalue weighted by molar-refractivity contribution is 0.112. The third-order valence-electron chi connectivity index (χ3n) is 3.96. The van der Waals surface area contributed by atoms with E-state index in [0.717, 1.165) is 34.2 Å². The number of nitrogens with one attached hydrogen (secondary N) is 1. The highest BCUT2D eigenvalue weighted by Gasteiger charge is 2.13. The molecule has 0 aliphatic rings. The van der Waals surface area contributed by atoms with Crippen molar-refractivity contribution < 1.29 is 9.53 Å². The summed E-state index contributed by atoms with van der Waals surface area (Å²) in [6, 6.07) is 11.9. The number of ether oxygens (including phenoxy) is 1. The van der Waals surface area contributed by atoms with Gasteiger partial charge in [-0.25, -0.2) is 0 Å². The molecule has 2 aromatic carbocycles. The van der Waals surface area contributed by atoms with Crippen LogP contribution in [0.3, 0.4) is 0 Å². The Kier molecular flexibility index (Phi) is 3.26. The maximum Gasteiger partial charge on any atom is 0.152 e. The van der Waals surface area contributed by atoms with E-state index in [0.29, 0.717) is 5.56 Å². The van der Waals surface area contributed by atoms with Crippen molar-refractivity contribution in [2.75, 3.05) is 7.11 Å². The maximum absolute atomic E-state index is 11.6. The molecule has 1 aromatic heterocycles. The molecule has 0 aliphatic heterocycles. The lowest BCUT2D eigenvalue weighted by Crippen LogP contribution is -1.87. The van der Waals surface area contributed by atoms with Gasteiger partial charge in [0.05, 0.1) is 12.8 Å². The summed E-state index contributed by atoms with van der Waals surface area (Å²) in [6.45, 7) is 4.15. The van der Waals surface area contributed by atoms with E-state index < -0.39 is 0 Å². The van der Waals surface area contributed by atoms with Gasteiger partial charge in [0, 0.05) is 16.5 Å². The van der Waals surface area contributed by atoms with Gasteiger partial charge in [-0.2, -0.15) is 0 Å². The van der Waals surface area contributed by atoms with Gasteiger partial charge in [0.2, 0.25) is 0 Å². The fourth-order valence-corrected chi connectivity index (χ4v) is 2.57. The van der Waals surface area contributed by atoms with Crippen molar-refractivity contribution in [1.82, 2.24) is 4.98 Å². The third-order valence-corrected chi connectivity index (χ3v) is 3.96. The van der Waals surface area contributed by atoms with E-state index >= 15 is 0 Å². The van der Waals surface area contributed by atoms with Crippen molar-refractivity contribution in [3.63, 3.8) is 0 Å². The quantitative estimate of drug-likeness (QED) is 0.727. The van der Waals surface area contributed by atoms with Gasteiger partial charge in [0.15, 0.2) is 6.29 Å². The number of fused-ring (bicyclic) bond motifs is 1. The average Bonchev–Trinajstić information content (AvgIpc) is 2.87. The number of aromatic nitrogens is 1. The van der Waals surface area contributed by atoms with Gasteiger partial charge in [0.25, 0.3) is 0 Å². The Bertz CT molecular complexity index is 831. The Morgan fingerprint density at radius 3 is 2.52 bits per heavy atom. The van der Waals surface area contributed by atoms with Gasteiger partial charge in [-0.15, -0.1) is 0 Å². The molecule has 0 fully saturated rings. The standard InChI is InChI=1S/C18H17NO2/c1-11-4-5-13(8-12(11)2)18-16(10-20)15-9-14(21-3)6-7-17(15)19-18/h4-10,19H,1-3H3. The fourth-order valence-electron chi connectivity index (χ4n) is 2.57. The molecule has 3 heteroatoms. The summed E-state index contributed by atoms with van der Waals surface area (Å²) in [6.07, 6.45) is 0.906. The number of aromatic amines is 1. The van der Waals surface area contributed by atoms with Crippen molar-refractivity contribution in [3.05, 3.63) is 53.1 Å². The summed E-state index contributed by atoms with van der Waals surface area (Å²) >= 11 is 0. The Hall–Kier alpha value is -2.55. The first-order valence-corrected chi connectivity index (χ1v) is 6.86. The average molecular weight is 279 g/mol. The first-order valence-electron chi connectivity index (χ1n) is 6.86. The predicted molar refractivity (Wildman–Crippen MR) is 85.1 cm³/mol. The highest BCUT2D eigenvalue weighted by atomic mass is 16.5. The van der Waals surface area contributed by atoms with E-state index in [1.54, 1.807) is 7.11 Å². The number of H-pyrrole nitrogens is 1. The molecule has 3 nitrogen and oxygen atoms in total. The second-order valence-electron chi connectivity index (χ2n) is 5.24. The number of carbonyl (C=O) groups excluding carboxylic acids is 1. The summed E-state index contributed by atoms with van der Waals surface area (Å²) < 4.78 is 5.24. The van der Waals surface area contributed by atoms with Crippen molar-refractivity contribution >= 4 is 17.2 Å². The van der Waals surface area contributed by atoms with Gasteiger partial charge in [-0.3, -0.25) is 4.79 Å². The number of aryl methyl sites for hydroxylation is 2. The number of hydrogen-bond acceptors (Lipinski definition) is 2. The minimum Gasteiger partial charge on any atom is -0.497 e. The number of hydrogen-bond donors (Lipinski definition) is 1. The summed E-state index contributed by atoms with van der Waals surface area (Å²) in [5.74, 6) is 0.747. The first kappa shape index (κ1) is 13.4. The summed E-state index contributed by atoms with van der Waals surface area (Å²) in [7, 11) is 1.62. The second-order valence-corrected chi connectivity index (χ2v) is 5.24. The lowest BCUT2D eigenvalue weighted by atomic mass is 10.0. The monoisotopic (exact) mass is 279 g/mol. The molecule has 3 rings (SSSR count). The fraction of sp³-hybridized carbons (Fsp3) is 0.167. The van der Waals surface area contributed by atoms with Gasteiger partial charge in [0.1, 0.15) is 5.75 Å². The molecule has 1 heterocycles. The molecule has 3 aromatic rings. The third kappa shape index (κ3) is 2.21. The minimum absolute atomic E-state index is 0.673. The zero-order valence-corrected chi connectivity index (χ0v) is 12.4. The van der Waals surface area contributed by atoms with E-state index in [4.69, 9.17) is 4.74 Å². The highest BCUT2D eigenvalue weighted by molar-refractivity contribution is 6.04. The number of carbonyl (C=O) groups is 1. The summed E-state index contributed by atoms with van der Waals surface area (Å²) in [5, 5.41) is 0.887. The molecule has 0 atom stereocenters. The van der Waals surface area contributed by atoms with Crippen LogP contribution in [0.1, 0.15) is 21.5 Å². The summed E-state index contributed by atoms with van der Waals surface area (Å²) in [4.78, 5) is 14.9. The first-order chi connectivity index (χ1) is 10.1. The maximum atomic E-state index is 11.6. The molecule has 0 spiro atoms. The van der Waals surface area contributed by atoms with Crippen LogP contribution in [0.25, 0.3) is 22.2 Å². The van der Waals surface area contributed by atoms with Crippen LogP contribution in [0.5, 0.6) is 5.75 Å². The number of methoxy groups -OCH3 is 1. The van der Waals surface area contributed by atoms with Gasteiger partial charge >= 0.3 is 0 Å². The van der Waals surface area contributed by atoms with Crippen molar-refractivity contribution in [2.45, 2.75) is 13.8 Å². The van der Waals surface area contributed by atoms with Crippen molar-refractivity contribution in [3.8, 4) is 17.0 Å². The Labute approximate surface area is 123 Å². The van der Waals surface area contributed by atoms with Gasteiger partial charge < -0.3 is 9.72 Å². The molecule has 106 valence electrons. The lowest BCUT2D eigenvalue weighted by Gasteiger charge is -2.04. The van der Waals surface area contributed by atoms with Crippen LogP contribution < -0.4 is 4.74 Å². The predicted octanol–water partition coefficient (Wildman–Crippen LogP) is 4.27. The number of rotatable bonds is 3. The van der Waals surface area contributed by atoms with Crippen LogP contribution in [0.15, 0.2) is 36.4 Å². The molecule has 0 amide bonds. The Morgan fingerprint density at radius 2 is 1.86 bits per heavy atom. The second kappa shape index (κ2) is 5.09. The minimum atomic E-state index is 0.673. The molecule has 1 N–H and O–H groups in total. The zero-order chi connectivity index (χ0) is 15.0. The van der Waals surface area contributed by atoms with Crippen LogP contribution in [0, 0.1) is 13.8 Å². The SMILES string of the molecule is COc1ccc2[nH]c(-c3ccc(C)c(C)c3)c(C=O)c2c1. The molecule has 0 unspecified atom stereocenters. The Morgan fingerprint density at radius 1 is 1.05 bits per heavy atom. The molecule has 0 saturated carbocycles. The van der Waals surface area contributed by atoms with Crippen LogP contribution in [-0.4, -0.2) is 18.4 Å². The van der Waals surface area contributed by atoms with E-state index in [2.05, 4.69) is 31.0 Å². The molecule has 0 saturated heterocycles. The van der Waals surface area contributed by atoms with E-state index in [9.17, 15) is 4.79 Å². The van der Waals surface area contributed by atoms with E-state index in [1.165, 1.54) is 11.1 Å². The number of aldehydes is 1. The largest absolute Gasteiger partial charge is 0.497 e. The molecule has 0 bridgehead atoms. The molecular weight excluding hydrogens is 262 g/mol. The van der Waals surface area contributed by atoms with Crippen molar-refractivity contribution in [2.24, 2.45) is 0 Å². The normalized spacial score (nSPS) is 10.8. The van der Waals surface area contributed by atoms with E-state index in [1.807, 2.05) is 24.3 Å². The number of benzene rings is 2. The van der Waals surface area contributed by atoms with Crippen LogP contribution in [0.2, 0.25) is 0 Å².